The van der Waals surface area contributed by atoms with Gasteiger partial charge in [-0.2, -0.15) is 11.8 Å². The molecule has 42 heavy (non-hydrogen) atoms. The number of aliphatic hydroxyl groups excluding tert-OH is 2. The van der Waals surface area contributed by atoms with E-state index in [0.29, 0.717) is 23.5 Å². The SMILES string of the molecule is CCSCCCO[C@]1(C(=O)O)C[C@H](O)C(NC(C)=O)C([C@H](C)[C@H](O)CNC(=O)c2ccc(Oc3ccccc3)cc2)O1. The Morgan fingerprint density at radius 1 is 1.12 bits per heavy atom. The summed E-state index contributed by atoms with van der Waals surface area (Å²) in [6, 6.07) is 14.7. The number of hydrogen-bond donors (Lipinski definition) is 5. The Balaban J connectivity index is 1.66. The van der Waals surface area contributed by atoms with Crippen molar-refractivity contribution in [3.8, 4) is 11.5 Å². The fraction of sp³-hybridized carbons (Fsp3) is 0.500. The summed E-state index contributed by atoms with van der Waals surface area (Å²) in [6.45, 7) is 4.77. The summed E-state index contributed by atoms with van der Waals surface area (Å²) in [5, 5.41) is 37.2. The third-order valence-electron chi connectivity index (χ3n) is 6.93. The molecule has 0 spiro atoms. The number of hydrogen-bond acceptors (Lipinski definition) is 9. The highest BCUT2D eigenvalue weighted by atomic mass is 32.2. The normalized spacial score (nSPS) is 23.4. The maximum atomic E-state index is 12.8. The van der Waals surface area contributed by atoms with Crippen molar-refractivity contribution in [2.24, 2.45) is 5.92 Å². The first kappa shape index (κ1) is 33.3. The smallest absolute Gasteiger partial charge is 0.364 e. The van der Waals surface area contributed by atoms with Crippen LogP contribution < -0.4 is 15.4 Å². The second kappa shape index (κ2) is 15.9. The number of rotatable bonds is 15. The van der Waals surface area contributed by atoms with Gasteiger partial charge in [0.2, 0.25) is 5.91 Å². The molecule has 1 aliphatic rings. The van der Waals surface area contributed by atoms with E-state index in [1.54, 1.807) is 43.0 Å². The molecule has 2 unspecified atom stereocenters. The summed E-state index contributed by atoms with van der Waals surface area (Å²) >= 11 is 1.69. The lowest BCUT2D eigenvalue weighted by molar-refractivity contribution is -0.304. The van der Waals surface area contributed by atoms with Crippen molar-refractivity contribution in [3.05, 3.63) is 60.2 Å². The van der Waals surface area contributed by atoms with Crippen LogP contribution in [0.3, 0.4) is 0 Å². The van der Waals surface area contributed by atoms with Crippen LogP contribution in [0.2, 0.25) is 0 Å². The predicted octanol–water partition coefficient (Wildman–Crippen LogP) is 2.80. The fourth-order valence-electron chi connectivity index (χ4n) is 4.65. The fourth-order valence-corrected chi connectivity index (χ4v) is 5.26. The van der Waals surface area contributed by atoms with Gasteiger partial charge in [-0.1, -0.05) is 32.0 Å². The summed E-state index contributed by atoms with van der Waals surface area (Å²) < 4.78 is 17.4. The molecule has 2 amide bonds. The van der Waals surface area contributed by atoms with Crippen LogP contribution in [0, 0.1) is 5.92 Å². The van der Waals surface area contributed by atoms with Crippen molar-refractivity contribution in [2.45, 2.75) is 63.8 Å². The standard InChI is InChI=1S/C30H40N2O9S/c1-4-42-16-8-15-39-30(29(37)38)17-24(34)26(32-20(3)33)27(41-30)19(2)25(35)18-31-28(36)21-11-13-23(14-12-21)40-22-9-6-5-7-10-22/h5-7,9-14,19,24-27,34-35H,4,8,15-18H2,1-3H3,(H,31,36)(H,32,33)(H,37,38)/t19-,24+,25-,26?,27?,30-/m1/s1. The molecular formula is C30H40N2O9S. The maximum absolute atomic E-state index is 12.8. The Morgan fingerprint density at radius 3 is 2.40 bits per heavy atom. The zero-order chi connectivity index (χ0) is 30.7. The Hall–Kier alpha value is -3.16. The van der Waals surface area contributed by atoms with Crippen LogP contribution in [0.25, 0.3) is 0 Å². The number of amides is 2. The maximum Gasteiger partial charge on any atom is 0.364 e. The average Bonchev–Trinajstić information content (AvgIpc) is 2.97. The van der Waals surface area contributed by atoms with Crippen LogP contribution in [0.15, 0.2) is 54.6 Å². The molecular weight excluding hydrogens is 564 g/mol. The third kappa shape index (κ3) is 9.17. The highest BCUT2D eigenvalue weighted by molar-refractivity contribution is 7.99. The van der Waals surface area contributed by atoms with Crippen LogP contribution in [-0.2, 0) is 19.1 Å². The number of carboxylic acids is 1. The van der Waals surface area contributed by atoms with Crippen molar-refractivity contribution < 1.29 is 43.9 Å². The lowest BCUT2D eigenvalue weighted by Crippen LogP contribution is -2.66. The van der Waals surface area contributed by atoms with Gasteiger partial charge in [0.15, 0.2) is 0 Å². The van der Waals surface area contributed by atoms with E-state index in [9.17, 15) is 29.7 Å². The number of aliphatic carboxylic acids is 1. The molecule has 0 bridgehead atoms. The summed E-state index contributed by atoms with van der Waals surface area (Å²) in [5.74, 6) is -2.39. The summed E-state index contributed by atoms with van der Waals surface area (Å²) in [5.41, 5.74) is 0.343. The molecule has 5 N–H and O–H groups in total. The predicted molar refractivity (Wildman–Crippen MR) is 157 cm³/mol. The number of benzene rings is 2. The lowest BCUT2D eigenvalue weighted by Gasteiger charge is -2.47. The number of para-hydroxylation sites is 1. The monoisotopic (exact) mass is 604 g/mol. The number of carbonyl (C=O) groups excluding carboxylic acids is 2. The summed E-state index contributed by atoms with van der Waals surface area (Å²) in [4.78, 5) is 37.0. The summed E-state index contributed by atoms with van der Waals surface area (Å²) in [7, 11) is 0. The molecule has 3 rings (SSSR count). The van der Waals surface area contributed by atoms with Gasteiger partial charge in [0.1, 0.15) is 11.5 Å². The molecule has 1 saturated heterocycles. The minimum absolute atomic E-state index is 0.0890. The van der Waals surface area contributed by atoms with Gasteiger partial charge in [-0.15, -0.1) is 0 Å². The van der Waals surface area contributed by atoms with Crippen LogP contribution in [0.5, 0.6) is 11.5 Å². The van der Waals surface area contributed by atoms with Crippen molar-refractivity contribution in [1.29, 1.82) is 0 Å². The largest absolute Gasteiger partial charge is 0.477 e. The third-order valence-corrected chi connectivity index (χ3v) is 7.92. The van der Waals surface area contributed by atoms with Crippen LogP contribution in [0.4, 0.5) is 0 Å². The van der Waals surface area contributed by atoms with E-state index in [2.05, 4.69) is 10.6 Å². The van der Waals surface area contributed by atoms with Gasteiger partial charge in [0.05, 0.1) is 31.0 Å². The van der Waals surface area contributed by atoms with Gasteiger partial charge in [0, 0.05) is 31.4 Å². The number of thioether (sulfide) groups is 1. The summed E-state index contributed by atoms with van der Waals surface area (Å²) in [6.07, 6.45) is -3.51. The molecule has 230 valence electrons. The number of carbonyl (C=O) groups is 3. The van der Waals surface area contributed by atoms with E-state index >= 15 is 0 Å². The zero-order valence-electron chi connectivity index (χ0n) is 24.0. The van der Waals surface area contributed by atoms with Gasteiger partial charge in [-0.25, -0.2) is 4.79 Å². The molecule has 6 atom stereocenters. The van der Waals surface area contributed by atoms with Crippen LogP contribution >= 0.6 is 11.8 Å². The van der Waals surface area contributed by atoms with E-state index in [1.165, 1.54) is 6.92 Å². The number of carboxylic acid groups (broad SMARTS) is 1. The number of aliphatic hydroxyl groups is 2. The molecule has 0 aromatic heterocycles. The second-order valence-corrected chi connectivity index (χ2v) is 11.5. The van der Waals surface area contributed by atoms with Gasteiger partial charge in [0.25, 0.3) is 11.7 Å². The van der Waals surface area contributed by atoms with Gasteiger partial charge >= 0.3 is 5.97 Å². The quantitative estimate of drug-likeness (QED) is 0.191. The first-order valence-electron chi connectivity index (χ1n) is 13.9. The van der Waals surface area contributed by atoms with E-state index in [0.717, 1.165) is 11.5 Å². The van der Waals surface area contributed by atoms with Crippen molar-refractivity contribution >= 4 is 29.5 Å². The van der Waals surface area contributed by atoms with E-state index in [1.807, 2.05) is 37.3 Å². The Bertz CT molecular complexity index is 1170. The van der Waals surface area contributed by atoms with Crippen molar-refractivity contribution in [1.82, 2.24) is 10.6 Å². The van der Waals surface area contributed by atoms with E-state index in [4.69, 9.17) is 14.2 Å². The molecule has 11 nitrogen and oxygen atoms in total. The molecule has 1 aliphatic heterocycles. The molecule has 0 radical (unpaired) electrons. The molecule has 2 aromatic rings. The van der Waals surface area contributed by atoms with Crippen LogP contribution in [-0.4, -0.2) is 87.9 Å². The van der Waals surface area contributed by atoms with Crippen molar-refractivity contribution in [3.63, 3.8) is 0 Å². The molecule has 0 aliphatic carbocycles. The highest BCUT2D eigenvalue weighted by Crippen LogP contribution is 2.35. The molecule has 1 fully saturated rings. The van der Waals surface area contributed by atoms with Gasteiger partial charge < -0.3 is 40.2 Å². The highest BCUT2D eigenvalue weighted by Gasteiger charge is 2.55. The van der Waals surface area contributed by atoms with Crippen molar-refractivity contribution in [2.75, 3.05) is 24.7 Å². The Labute approximate surface area is 249 Å². The Morgan fingerprint density at radius 2 is 1.79 bits per heavy atom. The first-order valence-corrected chi connectivity index (χ1v) is 15.1. The molecule has 2 aromatic carbocycles. The molecule has 1 heterocycles. The lowest BCUT2D eigenvalue weighted by atomic mass is 9.84. The number of nitrogens with one attached hydrogen (secondary N) is 2. The van der Waals surface area contributed by atoms with E-state index < -0.39 is 60.3 Å². The molecule has 0 saturated carbocycles. The second-order valence-electron chi connectivity index (χ2n) is 10.1. The first-order chi connectivity index (χ1) is 20.1. The Kier molecular flexibility index (Phi) is 12.6. The average molecular weight is 605 g/mol. The van der Waals surface area contributed by atoms with Crippen LogP contribution in [0.1, 0.15) is 44.0 Å². The minimum Gasteiger partial charge on any atom is -0.477 e. The minimum atomic E-state index is -2.16. The van der Waals surface area contributed by atoms with Gasteiger partial charge in [-0.05, 0) is 54.3 Å². The number of ether oxygens (including phenoxy) is 3. The van der Waals surface area contributed by atoms with Gasteiger partial charge in [-0.3, -0.25) is 9.59 Å². The van der Waals surface area contributed by atoms with E-state index in [-0.39, 0.29) is 13.2 Å². The molecule has 12 heteroatoms. The zero-order valence-corrected chi connectivity index (χ0v) is 24.8. The topological polar surface area (TPSA) is 164 Å².